The molecule has 1 aliphatic heterocycles. The molecule has 7 nitrogen and oxygen atoms in total. The number of amides is 2. The standard InChI is InChI=1S/C29H22BrN5O2/c1-16-8-10-19(11-9-16)17(2)26-18(3)33-35(29(26)37)25(36)15-34-24-13-12-20(30)14-21(24)27-28(34)32-23-7-5-4-6-22(23)31-27/h4-14H,15H2,1-3H3. The highest BCUT2D eigenvalue weighted by Gasteiger charge is 2.34. The second-order valence-corrected chi connectivity index (χ2v) is 10.1. The first-order valence-corrected chi connectivity index (χ1v) is 12.7. The van der Waals surface area contributed by atoms with Crippen molar-refractivity contribution in [1.82, 2.24) is 19.5 Å². The zero-order valence-electron chi connectivity index (χ0n) is 20.5. The molecule has 3 heterocycles. The highest BCUT2D eigenvalue weighted by atomic mass is 79.9. The first-order chi connectivity index (χ1) is 17.8. The van der Waals surface area contributed by atoms with Crippen LogP contribution in [0.5, 0.6) is 0 Å². The Morgan fingerprint density at radius 2 is 1.65 bits per heavy atom. The van der Waals surface area contributed by atoms with Crippen molar-refractivity contribution in [2.75, 3.05) is 0 Å². The number of hydrogen-bond acceptors (Lipinski definition) is 5. The van der Waals surface area contributed by atoms with E-state index in [2.05, 4.69) is 21.0 Å². The monoisotopic (exact) mass is 551 g/mol. The molecular weight excluding hydrogens is 530 g/mol. The van der Waals surface area contributed by atoms with Gasteiger partial charge in [-0.3, -0.25) is 9.59 Å². The molecular formula is C29H22BrN5O2. The van der Waals surface area contributed by atoms with Gasteiger partial charge in [-0.25, -0.2) is 9.97 Å². The minimum Gasteiger partial charge on any atom is -0.314 e. The van der Waals surface area contributed by atoms with Gasteiger partial charge in [-0.05, 0) is 62.2 Å². The van der Waals surface area contributed by atoms with Crippen molar-refractivity contribution in [1.29, 1.82) is 0 Å². The van der Waals surface area contributed by atoms with E-state index in [1.54, 1.807) is 6.92 Å². The zero-order valence-corrected chi connectivity index (χ0v) is 22.1. The van der Waals surface area contributed by atoms with Crippen LogP contribution in [0.25, 0.3) is 38.7 Å². The zero-order chi connectivity index (χ0) is 25.8. The van der Waals surface area contributed by atoms with E-state index in [9.17, 15) is 9.59 Å². The van der Waals surface area contributed by atoms with Crippen LogP contribution >= 0.6 is 15.9 Å². The Kier molecular flexibility index (Phi) is 5.49. The molecule has 6 rings (SSSR count). The maximum absolute atomic E-state index is 13.5. The number of hydrazone groups is 1. The summed E-state index contributed by atoms with van der Waals surface area (Å²) in [7, 11) is 0. The van der Waals surface area contributed by atoms with Crippen LogP contribution < -0.4 is 0 Å². The predicted octanol–water partition coefficient (Wildman–Crippen LogP) is 6.03. The first-order valence-electron chi connectivity index (χ1n) is 11.9. The van der Waals surface area contributed by atoms with Gasteiger partial charge in [0.25, 0.3) is 11.8 Å². The van der Waals surface area contributed by atoms with E-state index in [4.69, 9.17) is 9.97 Å². The Morgan fingerprint density at radius 1 is 0.946 bits per heavy atom. The van der Waals surface area contributed by atoms with Crippen molar-refractivity contribution < 1.29 is 9.59 Å². The maximum Gasteiger partial charge on any atom is 0.283 e. The fourth-order valence-electron chi connectivity index (χ4n) is 4.82. The summed E-state index contributed by atoms with van der Waals surface area (Å²) in [5.41, 5.74) is 7.42. The molecule has 0 saturated carbocycles. The number of rotatable bonds is 3. The van der Waals surface area contributed by atoms with E-state index >= 15 is 0 Å². The summed E-state index contributed by atoms with van der Waals surface area (Å²) in [5.74, 6) is -0.853. The van der Waals surface area contributed by atoms with Gasteiger partial charge in [-0.15, -0.1) is 0 Å². The van der Waals surface area contributed by atoms with Crippen molar-refractivity contribution in [2.24, 2.45) is 5.10 Å². The molecule has 0 fully saturated rings. The van der Waals surface area contributed by atoms with Crippen molar-refractivity contribution in [3.8, 4) is 0 Å². The van der Waals surface area contributed by atoms with Crippen LogP contribution in [0.1, 0.15) is 25.0 Å². The Hall–Kier alpha value is -4.17. The van der Waals surface area contributed by atoms with Gasteiger partial charge in [0.2, 0.25) is 0 Å². The Balaban J connectivity index is 1.42. The summed E-state index contributed by atoms with van der Waals surface area (Å²) in [6, 6.07) is 21.4. The summed E-state index contributed by atoms with van der Waals surface area (Å²) in [5, 5.41) is 6.21. The van der Waals surface area contributed by atoms with E-state index in [1.807, 2.05) is 85.1 Å². The minimum atomic E-state index is -0.437. The van der Waals surface area contributed by atoms with Gasteiger partial charge in [-0.1, -0.05) is 57.9 Å². The largest absolute Gasteiger partial charge is 0.314 e. The predicted molar refractivity (Wildman–Crippen MR) is 149 cm³/mol. The number of allylic oxidation sites excluding steroid dienone is 1. The molecule has 0 radical (unpaired) electrons. The topological polar surface area (TPSA) is 80.5 Å². The number of carbonyl (C=O) groups excluding carboxylic acids is 2. The molecule has 182 valence electrons. The van der Waals surface area contributed by atoms with E-state index < -0.39 is 11.8 Å². The fourth-order valence-corrected chi connectivity index (χ4v) is 5.19. The lowest BCUT2D eigenvalue weighted by atomic mass is 9.98. The SMILES string of the molecule is CC1=NN(C(=O)Cn2c3ccc(Br)cc3c3nc4ccccc4nc32)C(=O)C1=C(C)c1ccc(C)cc1. The molecule has 0 saturated heterocycles. The van der Waals surface area contributed by atoms with Crippen molar-refractivity contribution in [3.05, 3.63) is 87.9 Å². The molecule has 0 bridgehead atoms. The van der Waals surface area contributed by atoms with E-state index in [-0.39, 0.29) is 6.54 Å². The number of para-hydroxylation sites is 2. The summed E-state index contributed by atoms with van der Waals surface area (Å²) in [6.45, 7) is 5.55. The lowest BCUT2D eigenvalue weighted by Crippen LogP contribution is -2.32. The molecule has 0 aliphatic carbocycles. The lowest BCUT2D eigenvalue weighted by Gasteiger charge is -2.13. The van der Waals surface area contributed by atoms with Gasteiger partial charge in [0.1, 0.15) is 12.1 Å². The number of fused-ring (bicyclic) bond motifs is 4. The molecule has 0 atom stereocenters. The average molecular weight is 552 g/mol. The number of aromatic nitrogens is 3. The van der Waals surface area contributed by atoms with E-state index in [0.29, 0.717) is 22.4 Å². The second-order valence-electron chi connectivity index (χ2n) is 9.19. The summed E-state index contributed by atoms with van der Waals surface area (Å²) < 4.78 is 2.71. The minimum absolute atomic E-state index is 0.103. The Bertz CT molecular complexity index is 1830. The van der Waals surface area contributed by atoms with Crippen LogP contribution in [-0.4, -0.2) is 37.1 Å². The highest BCUT2D eigenvalue weighted by molar-refractivity contribution is 9.10. The lowest BCUT2D eigenvalue weighted by molar-refractivity contribution is -0.141. The third-order valence-corrected chi connectivity index (χ3v) is 7.21. The van der Waals surface area contributed by atoms with Gasteiger partial charge >= 0.3 is 0 Å². The van der Waals surface area contributed by atoms with Crippen LogP contribution in [0.15, 0.2) is 81.9 Å². The molecule has 5 aromatic rings. The second kappa shape index (κ2) is 8.74. The van der Waals surface area contributed by atoms with Gasteiger partial charge < -0.3 is 4.57 Å². The molecule has 0 unspecified atom stereocenters. The van der Waals surface area contributed by atoms with E-state index in [1.165, 1.54) is 0 Å². The van der Waals surface area contributed by atoms with Gasteiger partial charge in [0.05, 0.1) is 27.8 Å². The summed E-state index contributed by atoms with van der Waals surface area (Å²) >= 11 is 3.54. The number of benzene rings is 3. The number of imide groups is 1. The Labute approximate surface area is 221 Å². The third-order valence-electron chi connectivity index (χ3n) is 6.72. The van der Waals surface area contributed by atoms with Crippen molar-refractivity contribution >= 4 is 72.1 Å². The van der Waals surface area contributed by atoms with Gasteiger partial charge in [-0.2, -0.15) is 10.1 Å². The fraction of sp³-hybridized carbons (Fsp3) is 0.138. The molecule has 3 aromatic carbocycles. The third kappa shape index (κ3) is 3.84. The number of aryl methyl sites for hydroxylation is 1. The molecule has 2 amide bonds. The summed E-state index contributed by atoms with van der Waals surface area (Å²) in [4.78, 5) is 36.6. The number of carbonyl (C=O) groups is 2. The normalized spacial score (nSPS) is 15.2. The smallest absolute Gasteiger partial charge is 0.283 e. The maximum atomic E-state index is 13.5. The van der Waals surface area contributed by atoms with Gasteiger partial charge in [0, 0.05) is 9.86 Å². The van der Waals surface area contributed by atoms with Crippen LogP contribution in [0, 0.1) is 6.92 Å². The van der Waals surface area contributed by atoms with Crippen molar-refractivity contribution in [2.45, 2.75) is 27.3 Å². The number of halogens is 1. The molecule has 37 heavy (non-hydrogen) atoms. The average Bonchev–Trinajstić information content (AvgIpc) is 3.35. The molecule has 0 N–H and O–H groups in total. The van der Waals surface area contributed by atoms with Crippen LogP contribution in [-0.2, 0) is 16.1 Å². The van der Waals surface area contributed by atoms with Crippen LogP contribution in [0.4, 0.5) is 0 Å². The molecule has 2 aromatic heterocycles. The van der Waals surface area contributed by atoms with Gasteiger partial charge in [0.15, 0.2) is 5.65 Å². The first kappa shape index (κ1) is 23.2. The van der Waals surface area contributed by atoms with E-state index in [0.717, 1.165) is 48.1 Å². The number of nitrogens with zero attached hydrogens (tertiary/aromatic N) is 5. The molecule has 0 spiro atoms. The van der Waals surface area contributed by atoms with Crippen molar-refractivity contribution in [3.63, 3.8) is 0 Å². The van der Waals surface area contributed by atoms with Crippen LogP contribution in [0.2, 0.25) is 0 Å². The Morgan fingerprint density at radius 3 is 2.38 bits per heavy atom. The quantitative estimate of drug-likeness (QED) is 0.256. The summed E-state index contributed by atoms with van der Waals surface area (Å²) in [6.07, 6.45) is 0. The molecule has 8 heteroatoms. The van der Waals surface area contributed by atoms with Crippen LogP contribution in [0.3, 0.4) is 0 Å². The molecule has 1 aliphatic rings. The number of hydrogen-bond donors (Lipinski definition) is 0. The highest BCUT2D eigenvalue weighted by Crippen LogP contribution is 2.31.